The number of aromatic nitrogens is 2. The molecule has 0 atom stereocenters. The first kappa shape index (κ1) is 20.1. The Morgan fingerprint density at radius 2 is 1.96 bits per heavy atom. The lowest BCUT2D eigenvalue weighted by Crippen LogP contribution is -2.26. The van der Waals surface area contributed by atoms with Crippen LogP contribution < -0.4 is 10.9 Å². The van der Waals surface area contributed by atoms with Crippen molar-refractivity contribution in [2.24, 2.45) is 0 Å². The Hall–Kier alpha value is -2.66. The summed E-state index contributed by atoms with van der Waals surface area (Å²) in [7, 11) is 0. The molecule has 0 aliphatic carbocycles. The number of carbonyl (C=O) groups is 1. The van der Waals surface area contributed by atoms with E-state index in [1.165, 1.54) is 0 Å². The van der Waals surface area contributed by atoms with Crippen LogP contribution in [0, 0.1) is 0 Å². The molecule has 2 aromatic carbocycles. The van der Waals surface area contributed by atoms with Gasteiger partial charge in [-0.05, 0) is 48.7 Å². The smallest absolute Gasteiger partial charge is 0.261 e. The molecule has 1 amide bonds. The van der Waals surface area contributed by atoms with Crippen molar-refractivity contribution in [3.63, 3.8) is 0 Å². The summed E-state index contributed by atoms with van der Waals surface area (Å²) in [6, 6.07) is 12.8. The van der Waals surface area contributed by atoms with Crippen LogP contribution in [0.3, 0.4) is 0 Å². The molecule has 3 rings (SSSR count). The predicted molar refractivity (Wildman–Crippen MR) is 114 cm³/mol. The molecule has 1 aromatic heterocycles. The van der Waals surface area contributed by atoms with Crippen molar-refractivity contribution >= 4 is 34.1 Å². The van der Waals surface area contributed by atoms with Crippen LogP contribution in [0.1, 0.15) is 44.5 Å². The third kappa shape index (κ3) is 4.60. The number of amides is 1. The first-order valence-electron chi connectivity index (χ1n) is 9.59. The number of carbonyl (C=O) groups excluding carboxylic acids is 1. The van der Waals surface area contributed by atoms with Crippen LogP contribution >= 0.6 is 11.6 Å². The van der Waals surface area contributed by atoms with Crippen molar-refractivity contribution in [3.8, 4) is 0 Å². The number of hydrogen-bond acceptors (Lipinski definition) is 3. The molecule has 0 aliphatic rings. The van der Waals surface area contributed by atoms with Gasteiger partial charge in [0.25, 0.3) is 5.56 Å². The number of nitrogens with zero attached hydrogens (tertiary/aromatic N) is 2. The number of aryl methyl sites for hydroxylation is 1. The van der Waals surface area contributed by atoms with Crippen LogP contribution in [-0.2, 0) is 17.8 Å². The second kappa shape index (κ2) is 9.02. The summed E-state index contributed by atoms with van der Waals surface area (Å²) in [4.78, 5) is 29.9. The minimum atomic E-state index is -0.111. The first-order chi connectivity index (χ1) is 13.5. The van der Waals surface area contributed by atoms with Gasteiger partial charge in [0.1, 0.15) is 5.82 Å². The molecule has 5 nitrogen and oxygen atoms in total. The molecule has 28 heavy (non-hydrogen) atoms. The van der Waals surface area contributed by atoms with E-state index < -0.39 is 0 Å². The van der Waals surface area contributed by atoms with Crippen molar-refractivity contribution in [1.82, 2.24) is 9.55 Å². The fraction of sp³-hybridized carbons (Fsp3) is 0.318. The standard InChI is InChI=1S/C22H24ClN3O2/c1-3-6-20-25-19-11-10-17(24-21(27)7-4-2)13-18(19)22(28)26(20)14-15-8-5-9-16(23)12-15/h5,8-13H,3-4,6-7,14H2,1-2H3,(H,24,27). The number of halogens is 1. The van der Waals surface area contributed by atoms with Crippen molar-refractivity contribution in [2.75, 3.05) is 5.32 Å². The number of rotatable bonds is 7. The predicted octanol–water partition coefficient (Wildman–Crippen LogP) is 4.79. The van der Waals surface area contributed by atoms with Gasteiger partial charge in [0.15, 0.2) is 0 Å². The number of fused-ring (bicyclic) bond motifs is 1. The quantitative estimate of drug-likeness (QED) is 0.623. The highest BCUT2D eigenvalue weighted by atomic mass is 35.5. The zero-order chi connectivity index (χ0) is 20.1. The Kier molecular flexibility index (Phi) is 6.47. The molecular formula is C22H24ClN3O2. The van der Waals surface area contributed by atoms with E-state index in [1.54, 1.807) is 22.8 Å². The maximum atomic E-state index is 13.3. The summed E-state index contributed by atoms with van der Waals surface area (Å²) >= 11 is 6.10. The van der Waals surface area contributed by atoms with Gasteiger partial charge in [-0.15, -0.1) is 0 Å². The monoisotopic (exact) mass is 397 g/mol. The van der Waals surface area contributed by atoms with Gasteiger partial charge in [-0.1, -0.05) is 37.6 Å². The molecule has 0 fully saturated rings. The number of benzene rings is 2. The van der Waals surface area contributed by atoms with Crippen LogP contribution in [0.2, 0.25) is 5.02 Å². The largest absolute Gasteiger partial charge is 0.326 e. The first-order valence-corrected chi connectivity index (χ1v) is 9.97. The highest BCUT2D eigenvalue weighted by Crippen LogP contribution is 2.18. The zero-order valence-corrected chi connectivity index (χ0v) is 16.9. The highest BCUT2D eigenvalue weighted by Gasteiger charge is 2.13. The summed E-state index contributed by atoms with van der Waals surface area (Å²) in [5.41, 5.74) is 2.09. The highest BCUT2D eigenvalue weighted by molar-refractivity contribution is 6.30. The van der Waals surface area contributed by atoms with E-state index in [0.29, 0.717) is 41.0 Å². The molecule has 0 spiro atoms. The van der Waals surface area contributed by atoms with E-state index >= 15 is 0 Å². The van der Waals surface area contributed by atoms with Crippen molar-refractivity contribution in [2.45, 2.75) is 46.1 Å². The fourth-order valence-corrected chi connectivity index (χ4v) is 3.40. The van der Waals surface area contributed by atoms with Gasteiger partial charge in [-0.3, -0.25) is 14.2 Å². The maximum absolute atomic E-state index is 13.3. The van der Waals surface area contributed by atoms with Crippen LogP contribution in [0.15, 0.2) is 47.3 Å². The van der Waals surface area contributed by atoms with Crippen LogP contribution in [0.25, 0.3) is 10.9 Å². The third-order valence-corrected chi connectivity index (χ3v) is 4.73. The second-order valence-corrected chi connectivity index (χ2v) is 7.27. The van der Waals surface area contributed by atoms with E-state index in [9.17, 15) is 9.59 Å². The summed E-state index contributed by atoms with van der Waals surface area (Å²) in [5, 5.41) is 3.98. The molecule has 0 saturated carbocycles. The van der Waals surface area contributed by atoms with Gasteiger partial charge in [-0.2, -0.15) is 0 Å². The van der Waals surface area contributed by atoms with Gasteiger partial charge in [-0.25, -0.2) is 4.98 Å². The number of hydrogen-bond donors (Lipinski definition) is 1. The molecule has 146 valence electrons. The van der Waals surface area contributed by atoms with Gasteiger partial charge in [0, 0.05) is 23.6 Å². The SMILES string of the molecule is CCCC(=O)Nc1ccc2nc(CCC)n(Cc3cccc(Cl)c3)c(=O)c2c1. The van der Waals surface area contributed by atoms with Gasteiger partial charge in [0.05, 0.1) is 17.4 Å². The number of nitrogens with one attached hydrogen (secondary N) is 1. The molecule has 0 aliphatic heterocycles. The molecule has 0 bridgehead atoms. The lowest BCUT2D eigenvalue weighted by molar-refractivity contribution is -0.116. The summed E-state index contributed by atoms with van der Waals surface area (Å²) in [6.45, 7) is 4.42. The average molecular weight is 398 g/mol. The molecule has 0 unspecified atom stereocenters. The molecule has 3 aromatic rings. The lowest BCUT2D eigenvalue weighted by Gasteiger charge is -2.14. The van der Waals surface area contributed by atoms with Crippen LogP contribution in [-0.4, -0.2) is 15.5 Å². The van der Waals surface area contributed by atoms with Crippen molar-refractivity contribution in [3.05, 3.63) is 69.2 Å². The topological polar surface area (TPSA) is 64.0 Å². The number of anilines is 1. The van der Waals surface area contributed by atoms with Crippen LogP contribution in [0.5, 0.6) is 0 Å². The lowest BCUT2D eigenvalue weighted by atomic mass is 10.1. The van der Waals surface area contributed by atoms with E-state index in [0.717, 1.165) is 24.2 Å². The molecule has 1 N–H and O–H groups in total. The summed E-state index contributed by atoms with van der Waals surface area (Å²) in [6.07, 6.45) is 2.82. The zero-order valence-electron chi connectivity index (χ0n) is 16.2. The Morgan fingerprint density at radius 3 is 2.68 bits per heavy atom. The normalized spacial score (nSPS) is 11.0. The minimum Gasteiger partial charge on any atom is -0.326 e. The average Bonchev–Trinajstić information content (AvgIpc) is 2.66. The van der Waals surface area contributed by atoms with Gasteiger partial charge < -0.3 is 5.32 Å². The molecular weight excluding hydrogens is 374 g/mol. The Morgan fingerprint density at radius 1 is 1.14 bits per heavy atom. The maximum Gasteiger partial charge on any atom is 0.261 e. The van der Waals surface area contributed by atoms with E-state index in [4.69, 9.17) is 16.6 Å². The van der Waals surface area contributed by atoms with Gasteiger partial charge >= 0.3 is 0 Å². The Bertz CT molecular complexity index is 1060. The Balaban J connectivity index is 2.06. The van der Waals surface area contributed by atoms with E-state index in [-0.39, 0.29) is 11.5 Å². The molecule has 0 radical (unpaired) electrons. The molecule has 1 heterocycles. The van der Waals surface area contributed by atoms with Gasteiger partial charge in [0.2, 0.25) is 5.91 Å². The fourth-order valence-electron chi connectivity index (χ4n) is 3.19. The van der Waals surface area contributed by atoms with Crippen molar-refractivity contribution < 1.29 is 4.79 Å². The second-order valence-electron chi connectivity index (χ2n) is 6.83. The Labute approximate surface area is 169 Å². The van der Waals surface area contributed by atoms with Crippen molar-refractivity contribution in [1.29, 1.82) is 0 Å². The van der Waals surface area contributed by atoms with E-state index in [1.807, 2.05) is 31.2 Å². The summed E-state index contributed by atoms with van der Waals surface area (Å²) in [5.74, 6) is 0.694. The minimum absolute atomic E-state index is 0.0586. The molecule has 6 heteroatoms. The van der Waals surface area contributed by atoms with Crippen LogP contribution in [0.4, 0.5) is 5.69 Å². The van der Waals surface area contributed by atoms with E-state index in [2.05, 4.69) is 12.2 Å². The summed E-state index contributed by atoms with van der Waals surface area (Å²) < 4.78 is 1.70. The third-order valence-electron chi connectivity index (χ3n) is 4.50. The molecule has 0 saturated heterocycles.